The summed E-state index contributed by atoms with van der Waals surface area (Å²) in [6, 6.07) is 11.6. The first-order chi connectivity index (χ1) is 13.8. The van der Waals surface area contributed by atoms with Crippen LogP contribution < -0.4 is 10.6 Å². The van der Waals surface area contributed by atoms with Gasteiger partial charge in [0.1, 0.15) is 6.04 Å². The van der Waals surface area contributed by atoms with Crippen LogP contribution in [0.3, 0.4) is 0 Å². The Balaban J connectivity index is 1.68. The first kappa shape index (κ1) is 21.8. The van der Waals surface area contributed by atoms with Gasteiger partial charge in [-0.3, -0.25) is 4.79 Å². The van der Waals surface area contributed by atoms with Gasteiger partial charge in [-0.25, -0.2) is 8.42 Å². The Kier molecular flexibility index (Phi) is 6.94. The van der Waals surface area contributed by atoms with Crippen LogP contribution >= 0.6 is 15.9 Å². The average Bonchev–Trinajstić information content (AvgIpc) is 2.71. The standard InChI is InChI=1S/C20H24BrN3O4S/c1-14-12-17(6-7-19(14)21)22-15(2)20(25)23-16-4-3-5-18(13-16)29(26,27)24-8-10-28-11-9-24/h3-7,12-13,15,22H,8-11H2,1-2H3,(H,23,25). The first-order valence-electron chi connectivity index (χ1n) is 9.29. The Morgan fingerprint density at radius 3 is 2.55 bits per heavy atom. The van der Waals surface area contributed by atoms with E-state index in [0.29, 0.717) is 32.0 Å². The van der Waals surface area contributed by atoms with E-state index in [-0.39, 0.29) is 10.8 Å². The van der Waals surface area contributed by atoms with Crippen molar-refractivity contribution in [3.63, 3.8) is 0 Å². The largest absolute Gasteiger partial charge is 0.379 e. The number of aryl methyl sites for hydroxylation is 1. The summed E-state index contributed by atoms with van der Waals surface area (Å²) in [6.45, 7) is 5.14. The number of hydrogen-bond donors (Lipinski definition) is 2. The van der Waals surface area contributed by atoms with Gasteiger partial charge in [0.25, 0.3) is 0 Å². The van der Waals surface area contributed by atoms with Crippen molar-refractivity contribution in [3.8, 4) is 0 Å². The normalized spacial score (nSPS) is 16.2. The molecule has 0 spiro atoms. The number of halogens is 1. The molecule has 2 N–H and O–H groups in total. The van der Waals surface area contributed by atoms with Crippen LogP contribution in [0.1, 0.15) is 12.5 Å². The van der Waals surface area contributed by atoms with E-state index in [9.17, 15) is 13.2 Å². The Labute approximate surface area is 179 Å². The molecule has 7 nitrogen and oxygen atoms in total. The lowest BCUT2D eigenvalue weighted by Gasteiger charge is -2.26. The Morgan fingerprint density at radius 1 is 1.14 bits per heavy atom. The minimum Gasteiger partial charge on any atom is -0.379 e. The fourth-order valence-electron chi connectivity index (χ4n) is 2.97. The third-order valence-corrected chi connectivity index (χ3v) is 7.43. The summed E-state index contributed by atoms with van der Waals surface area (Å²) in [5.74, 6) is -0.258. The van der Waals surface area contributed by atoms with Gasteiger partial charge in [0, 0.05) is 28.9 Å². The number of sulfonamides is 1. The number of ether oxygens (including phenoxy) is 1. The fraction of sp³-hybridized carbons (Fsp3) is 0.350. The molecule has 3 rings (SSSR count). The zero-order valence-electron chi connectivity index (χ0n) is 16.3. The van der Waals surface area contributed by atoms with E-state index in [0.717, 1.165) is 15.7 Å². The highest BCUT2D eigenvalue weighted by molar-refractivity contribution is 9.10. The molecule has 2 aromatic rings. The molecule has 0 bridgehead atoms. The lowest BCUT2D eigenvalue weighted by Crippen LogP contribution is -2.40. The molecule has 0 aromatic heterocycles. The van der Waals surface area contributed by atoms with Crippen molar-refractivity contribution in [2.45, 2.75) is 24.8 Å². The Bertz CT molecular complexity index is 991. The van der Waals surface area contributed by atoms with Crippen LogP contribution in [0.2, 0.25) is 0 Å². The SMILES string of the molecule is Cc1cc(NC(C)C(=O)Nc2cccc(S(=O)(=O)N3CCOCC3)c2)ccc1Br. The highest BCUT2D eigenvalue weighted by Crippen LogP contribution is 2.22. The lowest BCUT2D eigenvalue weighted by molar-refractivity contribution is -0.116. The highest BCUT2D eigenvalue weighted by atomic mass is 79.9. The van der Waals surface area contributed by atoms with E-state index in [1.54, 1.807) is 19.1 Å². The number of anilines is 2. The maximum Gasteiger partial charge on any atom is 0.246 e. The van der Waals surface area contributed by atoms with Gasteiger partial charge in [0.05, 0.1) is 18.1 Å². The molecule has 1 heterocycles. The first-order valence-corrected chi connectivity index (χ1v) is 11.5. The van der Waals surface area contributed by atoms with Crippen molar-refractivity contribution >= 4 is 43.2 Å². The maximum absolute atomic E-state index is 12.8. The zero-order valence-corrected chi connectivity index (χ0v) is 18.7. The summed E-state index contributed by atoms with van der Waals surface area (Å²) < 4.78 is 33.2. The molecule has 0 aliphatic carbocycles. The van der Waals surface area contributed by atoms with Crippen molar-refractivity contribution in [2.24, 2.45) is 0 Å². The van der Waals surface area contributed by atoms with Crippen molar-refractivity contribution in [2.75, 3.05) is 36.9 Å². The number of hydrogen-bond acceptors (Lipinski definition) is 5. The monoisotopic (exact) mass is 481 g/mol. The lowest BCUT2D eigenvalue weighted by atomic mass is 10.2. The third kappa shape index (κ3) is 5.36. The van der Waals surface area contributed by atoms with Crippen LogP contribution in [0.5, 0.6) is 0 Å². The Hall–Kier alpha value is -1.94. The quantitative estimate of drug-likeness (QED) is 0.661. The predicted octanol–water partition coefficient (Wildman–Crippen LogP) is 3.22. The maximum atomic E-state index is 12.8. The van der Waals surface area contributed by atoms with Crippen molar-refractivity contribution < 1.29 is 17.9 Å². The zero-order chi connectivity index (χ0) is 21.0. The van der Waals surface area contributed by atoms with Crippen LogP contribution in [0.4, 0.5) is 11.4 Å². The predicted molar refractivity (Wildman–Crippen MR) is 117 cm³/mol. The second-order valence-corrected chi connectivity index (χ2v) is 9.66. The number of morpholine rings is 1. The van der Waals surface area contributed by atoms with Gasteiger partial charge < -0.3 is 15.4 Å². The second-order valence-electron chi connectivity index (χ2n) is 6.86. The smallest absolute Gasteiger partial charge is 0.246 e. The molecule has 1 unspecified atom stereocenters. The fourth-order valence-corrected chi connectivity index (χ4v) is 4.67. The van der Waals surface area contributed by atoms with Gasteiger partial charge in [-0.2, -0.15) is 4.31 Å². The second kappa shape index (κ2) is 9.25. The summed E-state index contributed by atoms with van der Waals surface area (Å²) >= 11 is 3.45. The molecular formula is C20H24BrN3O4S. The summed E-state index contributed by atoms with van der Waals surface area (Å²) in [7, 11) is -3.62. The number of rotatable bonds is 6. The average molecular weight is 482 g/mol. The number of benzene rings is 2. The summed E-state index contributed by atoms with van der Waals surface area (Å²) in [5.41, 5.74) is 2.32. The molecule has 9 heteroatoms. The van der Waals surface area contributed by atoms with E-state index >= 15 is 0 Å². The van der Waals surface area contributed by atoms with Gasteiger partial charge in [-0.05, 0) is 55.8 Å². The summed E-state index contributed by atoms with van der Waals surface area (Å²) in [6.07, 6.45) is 0. The van der Waals surface area contributed by atoms with E-state index in [4.69, 9.17) is 4.74 Å². The molecule has 1 fully saturated rings. The third-order valence-electron chi connectivity index (χ3n) is 4.64. The highest BCUT2D eigenvalue weighted by Gasteiger charge is 2.26. The molecule has 1 aliphatic heterocycles. The van der Waals surface area contributed by atoms with E-state index in [1.807, 2.05) is 25.1 Å². The van der Waals surface area contributed by atoms with E-state index in [1.165, 1.54) is 16.4 Å². The van der Waals surface area contributed by atoms with Crippen LogP contribution in [-0.2, 0) is 19.6 Å². The summed E-state index contributed by atoms with van der Waals surface area (Å²) in [5, 5.41) is 5.94. The molecular weight excluding hydrogens is 458 g/mol. The molecule has 2 aromatic carbocycles. The topological polar surface area (TPSA) is 87.7 Å². The van der Waals surface area contributed by atoms with E-state index in [2.05, 4.69) is 26.6 Å². The van der Waals surface area contributed by atoms with Crippen LogP contribution in [0.25, 0.3) is 0 Å². The van der Waals surface area contributed by atoms with Crippen LogP contribution in [0.15, 0.2) is 51.8 Å². The number of nitrogens with one attached hydrogen (secondary N) is 2. The van der Waals surface area contributed by atoms with Crippen LogP contribution in [-0.4, -0.2) is 51.0 Å². The molecule has 1 atom stereocenters. The molecule has 1 saturated heterocycles. The van der Waals surface area contributed by atoms with Gasteiger partial charge in [-0.15, -0.1) is 0 Å². The van der Waals surface area contributed by atoms with Crippen LogP contribution in [0, 0.1) is 6.92 Å². The summed E-state index contributed by atoms with van der Waals surface area (Å²) in [4.78, 5) is 12.7. The molecule has 156 valence electrons. The van der Waals surface area contributed by atoms with Crippen molar-refractivity contribution in [1.29, 1.82) is 0 Å². The molecule has 0 radical (unpaired) electrons. The Morgan fingerprint density at radius 2 is 1.86 bits per heavy atom. The van der Waals surface area contributed by atoms with Gasteiger partial charge in [-0.1, -0.05) is 22.0 Å². The number of nitrogens with zero attached hydrogens (tertiary/aromatic N) is 1. The molecule has 0 saturated carbocycles. The number of amides is 1. The van der Waals surface area contributed by atoms with Gasteiger partial charge >= 0.3 is 0 Å². The van der Waals surface area contributed by atoms with Gasteiger partial charge in [0.15, 0.2) is 0 Å². The molecule has 1 aliphatic rings. The number of carbonyl (C=O) groups is 1. The van der Waals surface area contributed by atoms with Gasteiger partial charge in [0.2, 0.25) is 15.9 Å². The van der Waals surface area contributed by atoms with E-state index < -0.39 is 16.1 Å². The minimum atomic E-state index is -3.62. The van der Waals surface area contributed by atoms with Crippen molar-refractivity contribution in [1.82, 2.24) is 4.31 Å². The number of carbonyl (C=O) groups excluding carboxylic acids is 1. The molecule has 29 heavy (non-hydrogen) atoms. The van der Waals surface area contributed by atoms with Crippen molar-refractivity contribution in [3.05, 3.63) is 52.5 Å². The molecule has 1 amide bonds. The minimum absolute atomic E-state index is 0.154.